The number of piperidine rings is 1. The first-order valence-corrected chi connectivity index (χ1v) is 5.75. The molecule has 1 fully saturated rings. The summed E-state index contributed by atoms with van der Waals surface area (Å²) < 4.78 is 14.4. The molecule has 0 aliphatic carbocycles. The predicted octanol–water partition coefficient (Wildman–Crippen LogP) is 0.748. The third-order valence-corrected chi connectivity index (χ3v) is 3.26. The van der Waals surface area contributed by atoms with Gasteiger partial charge in [0.2, 0.25) is 5.95 Å². The molecule has 0 saturated carbocycles. The molecular weight excluding hydrogens is 223 g/mol. The van der Waals surface area contributed by atoms with E-state index in [0.29, 0.717) is 24.7 Å². The van der Waals surface area contributed by atoms with Gasteiger partial charge in [0.1, 0.15) is 5.82 Å². The zero-order valence-electron chi connectivity index (χ0n) is 9.80. The van der Waals surface area contributed by atoms with Crippen LogP contribution < -0.4 is 10.6 Å². The maximum Gasteiger partial charge on any atom is 0.227 e. The van der Waals surface area contributed by atoms with Crippen LogP contribution in [-0.2, 0) is 0 Å². The molecule has 2 heterocycles. The lowest BCUT2D eigenvalue weighted by atomic mass is 9.89. The zero-order valence-corrected chi connectivity index (χ0v) is 9.80. The second kappa shape index (κ2) is 4.44. The minimum Gasteiger partial charge on any atom is -0.390 e. The van der Waals surface area contributed by atoms with Crippen LogP contribution in [0, 0.1) is 0 Å². The van der Waals surface area contributed by atoms with Gasteiger partial charge in [-0.2, -0.15) is 4.98 Å². The maximum atomic E-state index is 14.4. The molecule has 5 nitrogen and oxygen atoms in total. The van der Waals surface area contributed by atoms with Gasteiger partial charge < -0.3 is 15.7 Å². The summed E-state index contributed by atoms with van der Waals surface area (Å²) in [5.74, 6) is 0.787. The highest BCUT2D eigenvalue weighted by molar-refractivity contribution is 5.39. The van der Waals surface area contributed by atoms with Gasteiger partial charge >= 0.3 is 0 Å². The Bertz CT molecular complexity index is 403. The van der Waals surface area contributed by atoms with Gasteiger partial charge in [-0.3, -0.25) is 0 Å². The van der Waals surface area contributed by atoms with E-state index in [1.165, 1.54) is 0 Å². The van der Waals surface area contributed by atoms with Gasteiger partial charge in [-0.15, -0.1) is 0 Å². The fraction of sp³-hybridized carbons (Fsp3) is 0.636. The minimum atomic E-state index is -1.59. The molecule has 1 aliphatic rings. The molecule has 2 rings (SSSR count). The number of aromatic nitrogens is 2. The van der Waals surface area contributed by atoms with Gasteiger partial charge in [0.05, 0.1) is 12.6 Å². The molecule has 0 amide bonds. The molecule has 0 radical (unpaired) electrons. The first kappa shape index (κ1) is 12.0. The van der Waals surface area contributed by atoms with E-state index in [0.717, 1.165) is 0 Å². The minimum absolute atomic E-state index is 0.105. The van der Waals surface area contributed by atoms with Gasteiger partial charge in [0, 0.05) is 12.7 Å². The van der Waals surface area contributed by atoms with Gasteiger partial charge in [-0.25, -0.2) is 9.37 Å². The van der Waals surface area contributed by atoms with Crippen molar-refractivity contribution in [3.05, 3.63) is 12.3 Å². The van der Waals surface area contributed by atoms with Crippen molar-refractivity contribution < 1.29 is 9.50 Å². The molecule has 0 bridgehead atoms. The summed E-state index contributed by atoms with van der Waals surface area (Å²) in [7, 11) is 0. The molecule has 1 aliphatic heterocycles. The summed E-state index contributed by atoms with van der Waals surface area (Å²) in [6.07, 6.45) is 1.29. The van der Waals surface area contributed by atoms with E-state index in [2.05, 4.69) is 9.97 Å². The second-order valence-corrected chi connectivity index (χ2v) is 4.40. The van der Waals surface area contributed by atoms with Crippen molar-refractivity contribution in [3.8, 4) is 0 Å². The molecule has 0 unspecified atom stereocenters. The van der Waals surface area contributed by atoms with Crippen LogP contribution in [0.4, 0.5) is 16.2 Å². The number of nitrogens with two attached hydrogens (primary N) is 1. The van der Waals surface area contributed by atoms with Crippen molar-refractivity contribution in [2.75, 3.05) is 23.7 Å². The first-order valence-electron chi connectivity index (χ1n) is 5.75. The number of aliphatic hydroxyl groups is 1. The molecule has 1 aromatic heterocycles. The monoisotopic (exact) mass is 240 g/mol. The van der Waals surface area contributed by atoms with Crippen molar-refractivity contribution in [2.24, 2.45) is 0 Å². The van der Waals surface area contributed by atoms with Crippen LogP contribution in [0.5, 0.6) is 0 Å². The standard InChI is InChI=1S/C11H17FN4O/c1-2-11(12)7-16(6-4-8(11)17)10-14-5-3-9(13)15-10/h3,5,8,17H,2,4,6-7H2,1H3,(H2,13,14,15)/t8-,11+/m1/s1. The molecule has 6 heteroatoms. The Labute approximate surface area is 99.5 Å². The Morgan fingerprint density at radius 1 is 1.71 bits per heavy atom. The van der Waals surface area contributed by atoms with E-state index in [1.807, 2.05) is 0 Å². The number of hydrogen-bond acceptors (Lipinski definition) is 5. The highest BCUT2D eigenvalue weighted by Crippen LogP contribution is 2.30. The lowest BCUT2D eigenvalue weighted by molar-refractivity contribution is -0.0238. The highest BCUT2D eigenvalue weighted by atomic mass is 19.1. The summed E-state index contributed by atoms with van der Waals surface area (Å²) in [6.45, 7) is 2.37. The fourth-order valence-electron chi connectivity index (χ4n) is 2.07. The Kier molecular flexibility index (Phi) is 3.15. The third kappa shape index (κ3) is 2.31. The Morgan fingerprint density at radius 3 is 3.12 bits per heavy atom. The number of nitrogens with zero attached hydrogens (tertiary/aromatic N) is 3. The number of alkyl halides is 1. The van der Waals surface area contributed by atoms with E-state index >= 15 is 0 Å². The summed E-state index contributed by atoms with van der Waals surface area (Å²) >= 11 is 0. The highest BCUT2D eigenvalue weighted by Gasteiger charge is 2.42. The number of rotatable bonds is 2. The van der Waals surface area contributed by atoms with Crippen LogP contribution in [0.1, 0.15) is 19.8 Å². The molecule has 3 N–H and O–H groups in total. The lowest BCUT2D eigenvalue weighted by Crippen LogP contribution is -2.54. The topological polar surface area (TPSA) is 75.3 Å². The van der Waals surface area contributed by atoms with Crippen LogP contribution in [0.25, 0.3) is 0 Å². The van der Waals surface area contributed by atoms with E-state index < -0.39 is 11.8 Å². The molecule has 1 saturated heterocycles. The summed E-state index contributed by atoms with van der Waals surface area (Å²) in [4.78, 5) is 9.87. The average Bonchev–Trinajstić information content (AvgIpc) is 2.33. The number of aliphatic hydroxyl groups excluding tert-OH is 1. The maximum absolute atomic E-state index is 14.4. The van der Waals surface area contributed by atoms with Crippen LogP contribution >= 0.6 is 0 Å². The molecule has 0 spiro atoms. The van der Waals surface area contributed by atoms with E-state index in [4.69, 9.17) is 5.73 Å². The van der Waals surface area contributed by atoms with Crippen molar-refractivity contribution >= 4 is 11.8 Å². The van der Waals surface area contributed by atoms with Gasteiger partial charge in [0.25, 0.3) is 0 Å². The molecule has 94 valence electrons. The summed E-state index contributed by atoms with van der Waals surface area (Å²) in [5, 5.41) is 9.68. The van der Waals surface area contributed by atoms with E-state index in [-0.39, 0.29) is 13.0 Å². The normalized spacial score (nSPS) is 29.4. The SMILES string of the molecule is CC[C@]1(F)CN(c2nccc(N)n2)CC[C@H]1O. The molecular formula is C11H17FN4O. The third-order valence-electron chi connectivity index (χ3n) is 3.26. The van der Waals surface area contributed by atoms with E-state index in [9.17, 15) is 9.50 Å². The van der Waals surface area contributed by atoms with E-state index in [1.54, 1.807) is 24.1 Å². The number of anilines is 2. The van der Waals surface area contributed by atoms with Crippen molar-refractivity contribution in [3.63, 3.8) is 0 Å². The Balaban J connectivity index is 2.19. The van der Waals surface area contributed by atoms with Crippen molar-refractivity contribution in [1.29, 1.82) is 0 Å². The first-order chi connectivity index (χ1) is 8.05. The molecule has 1 aromatic rings. The molecule has 2 atom stereocenters. The Morgan fingerprint density at radius 2 is 2.47 bits per heavy atom. The summed E-state index contributed by atoms with van der Waals surface area (Å²) in [5.41, 5.74) is 3.98. The number of nitrogen functional groups attached to an aromatic ring is 1. The number of hydrogen-bond donors (Lipinski definition) is 2. The lowest BCUT2D eigenvalue weighted by Gasteiger charge is -2.40. The number of halogens is 1. The fourth-order valence-corrected chi connectivity index (χ4v) is 2.07. The summed E-state index contributed by atoms with van der Waals surface area (Å²) in [6, 6.07) is 1.59. The second-order valence-electron chi connectivity index (χ2n) is 4.40. The van der Waals surface area contributed by atoms with Crippen molar-refractivity contribution in [2.45, 2.75) is 31.5 Å². The predicted molar refractivity (Wildman–Crippen MR) is 63.4 cm³/mol. The molecule has 17 heavy (non-hydrogen) atoms. The molecule has 0 aromatic carbocycles. The van der Waals surface area contributed by atoms with Crippen LogP contribution in [0.2, 0.25) is 0 Å². The van der Waals surface area contributed by atoms with Crippen LogP contribution in [0.3, 0.4) is 0 Å². The van der Waals surface area contributed by atoms with Gasteiger partial charge in [-0.1, -0.05) is 6.92 Å². The average molecular weight is 240 g/mol. The zero-order chi connectivity index (χ0) is 12.5. The van der Waals surface area contributed by atoms with Crippen molar-refractivity contribution in [1.82, 2.24) is 9.97 Å². The van der Waals surface area contributed by atoms with Gasteiger partial charge in [-0.05, 0) is 18.9 Å². The smallest absolute Gasteiger partial charge is 0.227 e. The van der Waals surface area contributed by atoms with Crippen LogP contribution in [-0.4, -0.2) is 39.9 Å². The Hall–Kier alpha value is -1.43. The quantitative estimate of drug-likeness (QED) is 0.797. The van der Waals surface area contributed by atoms with Gasteiger partial charge in [0.15, 0.2) is 5.67 Å². The van der Waals surface area contributed by atoms with Crippen LogP contribution in [0.15, 0.2) is 12.3 Å². The largest absolute Gasteiger partial charge is 0.390 e.